The molecule has 1 aliphatic carbocycles. The predicted molar refractivity (Wildman–Crippen MR) is 83.2 cm³/mol. The molecule has 1 N–H and O–H groups in total. The minimum atomic E-state index is 0.556. The molecule has 1 saturated carbocycles. The first-order chi connectivity index (χ1) is 9.75. The van der Waals surface area contributed by atoms with E-state index in [-0.39, 0.29) is 0 Å². The number of hydrogen-bond donors (Lipinski definition) is 1. The third-order valence-electron chi connectivity index (χ3n) is 4.52. The largest absolute Gasteiger partial charge is 0.380 e. The maximum atomic E-state index is 4.35. The van der Waals surface area contributed by atoms with Gasteiger partial charge in [0.15, 0.2) is 0 Å². The van der Waals surface area contributed by atoms with Gasteiger partial charge in [-0.15, -0.1) is 0 Å². The summed E-state index contributed by atoms with van der Waals surface area (Å²) in [5.74, 6) is 1.45. The van der Waals surface area contributed by atoms with E-state index < -0.39 is 0 Å². The summed E-state index contributed by atoms with van der Waals surface area (Å²) in [4.78, 5) is 0. The molecule has 0 bridgehead atoms. The van der Waals surface area contributed by atoms with E-state index in [1.165, 1.54) is 24.9 Å². The van der Waals surface area contributed by atoms with Crippen molar-refractivity contribution < 1.29 is 0 Å². The Kier molecular flexibility index (Phi) is 3.77. The summed E-state index contributed by atoms with van der Waals surface area (Å²) in [6.07, 6.45) is 7.83. The average molecular weight is 269 g/mol. The smallest absolute Gasteiger partial charge is 0.0876 e. The zero-order valence-corrected chi connectivity index (χ0v) is 12.3. The van der Waals surface area contributed by atoms with Crippen LogP contribution in [0.1, 0.15) is 33.1 Å². The molecule has 2 atom stereocenters. The minimum absolute atomic E-state index is 0.556. The van der Waals surface area contributed by atoms with Crippen LogP contribution in [0.3, 0.4) is 0 Å². The van der Waals surface area contributed by atoms with Gasteiger partial charge in [-0.05, 0) is 42.9 Å². The van der Waals surface area contributed by atoms with Crippen molar-refractivity contribution in [2.75, 3.05) is 5.32 Å². The summed E-state index contributed by atoms with van der Waals surface area (Å²) in [5.41, 5.74) is 2.31. The number of benzene rings is 1. The second-order valence-electron chi connectivity index (χ2n) is 6.02. The van der Waals surface area contributed by atoms with Crippen molar-refractivity contribution in [2.45, 2.75) is 39.2 Å². The molecule has 3 heteroatoms. The Bertz CT molecular complexity index is 537. The molecule has 0 radical (unpaired) electrons. The van der Waals surface area contributed by atoms with Crippen molar-refractivity contribution in [3.63, 3.8) is 0 Å². The highest BCUT2D eigenvalue weighted by Gasteiger charge is 2.28. The molecule has 0 aliphatic heterocycles. The maximum absolute atomic E-state index is 4.35. The van der Waals surface area contributed by atoms with E-state index in [1.807, 2.05) is 23.1 Å². The summed E-state index contributed by atoms with van der Waals surface area (Å²) >= 11 is 0. The van der Waals surface area contributed by atoms with Crippen LogP contribution < -0.4 is 5.32 Å². The summed E-state index contributed by atoms with van der Waals surface area (Å²) < 4.78 is 1.93. The van der Waals surface area contributed by atoms with Crippen LogP contribution in [-0.2, 0) is 0 Å². The second kappa shape index (κ2) is 5.70. The van der Waals surface area contributed by atoms with Crippen LogP contribution in [0.2, 0.25) is 0 Å². The predicted octanol–water partition coefficient (Wildman–Crippen LogP) is 4.11. The Morgan fingerprint density at radius 3 is 2.55 bits per heavy atom. The van der Waals surface area contributed by atoms with Gasteiger partial charge < -0.3 is 5.32 Å². The Hall–Kier alpha value is -1.77. The van der Waals surface area contributed by atoms with Crippen molar-refractivity contribution in [1.29, 1.82) is 0 Å². The van der Waals surface area contributed by atoms with E-state index in [2.05, 4.69) is 48.5 Å². The average Bonchev–Trinajstić information content (AvgIpc) is 2.97. The van der Waals surface area contributed by atoms with Gasteiger partial charge in [0.05, 0.1) is 11.4 Å². The number of para-hydroxylation sites is 2. The Morgan fingerprint density at radius 1 is 1.10 bits per heavy atom. The fourth-order valence-electron chi connectivity index (χ4n) is 3.35. The molecule has 3 nitrogen and oxygen atoms in total. The third-order valence-corrected chi connectivity index (χ3v) is 4.52. The Labute approximate surface area is 121 Å². The lowest BCUT2D eigenvalue weighted by atomic mass is 9.78. The van der Waals surface area contributed by atoms with Crippen molar-refractivity contribution in [2.24, 2.45) is 11.8 Å². The van der Waals surface area contributed by atoms with Crippen molar-refractivity contribution >= 4 is 5.69 Å². The molecular weight excluding hydrogens is 246 g/mol. The molecule has 2 unspecified atom stereocenters. The van der Waals surface area contributed by atoms with Gasteiger partial charge in [-0.3, -0.25) is 0 Å². The van der Waals surface area contributed by atoms with Crippen LogP contribution >= 0.6 is 0 Å². The van der Waals surface area contributed by atoms with E-state index >= 15 is 0 Å². The van der Waals surface area contributed by atoms with Crippen LogP contribution in [0, 0.1) is 11.8 Å². The molecule has 3 rings (SSSR count). The highest BCUT2D eigenvalue weighted by atomic mass is 15.3. The lowest BCUT2D eigenvalue weighted by Gasteiger charge is -2.36. The number of nitrogens with one attached hydrogen (secondary N) is 1. The molecule has 1 aromatic heterocycles. The summed E-state index contributed by atoms with van der Waals surface area (Å²) in [5, 5.41) is 8.13. The highest BCUT2D eigenvalue weighted by Crippen LogP contribution is 2.32. The summed E-state index contributed by atoms with van der Waals surface area (Å²) in [7, 11) is 0. The monoisotopic (exact) mass is 269 g/mol. The van der Waals surface area contributed by atoms with Gasteiger partial charge in [-0.2, -0.15) is 5.10 Å². The maximum Gasteiger partial charge on any atom is 0.0876 e. The first-order valence-electron chi connectivity index (χ1n) is 7.61. The van der Waals surface area contributed by atoms with E-state index in [4.69, 9.17) is 0 Å². The second-order valence-corrected chi connectivity index (χ2v) is 6.02. The van der Waals surface area contributed by atoms with Gasteiger partial charge in [-0.25, -0.2) is 4.68 Å². The van der Waals surface area contributed by atoms with E-state index in [1.54, 1.807) is 0 Å². The fourth-order valence-corrected chi connectivity index (χ4v) is 3.35. The molecule has 0 saturated heterocycles. The first kappa shape index (κ1) is 13.2. The molecule has 2 aromatic rings. The van der Waals surface area contributed by atoms with Crippen molar-refractivity contribution in [1.82, 2.24) is 9.78 Å². The molecular formula is C17H23N3. The van der Waals surface area contributed by atoms with E-state index in [0.29, 0.717) is 6.04 Å². The molecule has 0 spiro atoms. The molecule has 1 aliphatic rings. The van der Waals surface area contributed by atoms with Gasteiger partial charge >= 0.3 is 0 Å². The lowest BCUT2D eigenvalue weighted by Crippen LogP contribution is -2.37. The standard InChI is InChI=1S/C17H23N3/c1-13-7-5-8-14(2)17(13)19-15-9-3-4-10-16(15)20-12-6-11-18-20/h3-4,6,9-14,17,19H,5,7-8H2,1-2H3. The van der Waals surface area contributed by atoms with Gasteiger partial charge in [-0.1, -0.05) is 32.4 Å². The summed E-state index contributed by atoms with van der Waals surface area (Å²) in [6.45, 7) is 4.73. The third kappa shape index (κ3) is 2.58. The van der Waals surface area contributed by atoms with Crippen LogP contribution in [0.15, 0.2) is 42.7 Å². The van der Waals surface area contributed by atoms with Crippen LogP contribution in [-0.4, -0.2) is 15.8 Å². The van der Waals surface area contributed by atoms with E-state index in [9.17, 15) is 0 Å². The first-order valence-corrected chi connectivity index (χ1v) is 7.61. The van der Waals surface area contributed by atoms with Crippen LogP contribution in [0.25, 0.3) is 5.69 Å². The highest BCUT2D eigenvalue weighted by molar-refractivity contribution is 5.61. The summed E-state index contributed by atoms with van der Waals surface area (Å²) in [6, 6.07) is 10.9. The minimum Gasteiger partial charge on any atom is -0.380 e. The number of aromatic nitrogens is 2. The molecule has 1 fully saturated rings. The topological polar surface area (TPSA) is 29.9 Å². The number of anilines is 1. The number of nitrogens with zero attached hydrogens (tertiary/aromatic N) is 2. The van der Waals surface area contributed by atoms with Crippen LogP contribution in [0.5, 0.6) is 0 Å². The zero-order chi connectivity index (χ0) is 13.9. The van der Waals surface area contributed by atoms with E-state index in [0.717, 1.165) is 17.5 Å². The Balaban J connectivity index is 1.87. The normalized spacial score (nSPS) is 26.4. The van der Waals surface area contributed by atoms with Gasteiger partial charge in [0.2, 0.25) is 0 Å². The van der Waals surface area contributed by atoms with Crippen LogP contribution in [0.4, 0.5) is 5.69 Å². The quantitative estimate of drug-likeness (QED) is 0.908. The fraction of sp³-hybridized carbons (Fsp3) is 0.471. The molecule has 1 aromatic carbocycles. The SMILES string of the molecule is CC1CCCC(C)C1Nc1ccccc1-n1cccn1. The number of hydrogen-bond acceptors (Lipinski definition) is 2. The van der Waals surface area contributed by atoms with Crippen molar-refractivity contribution in [3.8, 4) is 5.69 Å². The van der Waals surface area contributed by atoms with Gasteiger partial charge in [0, 0.05) is 18.4 Å². The van der Waals surface area contributed by atoms with Gasteiger partial charge in [0.25, 0.3) is 0 Å². The van der Waals surface area contributed by atoms with Gasteiger partial charge in [0.1, 0.15) is 0 Å². The lowest BCUT2D eigenvalue weighted by molar-refractivity contribution is 0.268. The molecule has 0 amide bonds. The van der Waals surface area contributed by atoms with Crippen molar-refractivity contribution in [3.05, 3.63) is 42.7 Å². The zero-order valence-electron chi connectivity index (χ0n) is 12.3. The molecule has 20 heavy (non-hydrogen) atoms. The Morgan fingerprint density at radius 2 is 1.85 bits per heavy atom. The molecule has 1 heterocycles. The molecule has 106 valence electrons. The number of rotatable bonds is 3.